The van der Waals surface area contributed by atoms with Crippen LogP contribution in [0.25, 0.3) is 0 Å². The monoisotopic (exact) mass is 410 g/mol. The van der Waals surface area contributed by atoms with Crippen LogP contribution in [-0.2, 0) is 16.6 Å². The zero-order chi connectivity index (χ0) is 20.4. The summed E-state index contributed by atoms with van der Waals surface area (Å²) in [6.07, 6.45) is 3.46. The smallest absolute Gasteiger partial charge is 0.213 e. The summed E-state index contributed by atoms with van der Waals surface area (Å²) in [5.41, 5.74) is 1.13. The second-order valence-corrected chi connectivity index (χ2v) is 9.06. The molecule has 0 saturated heterocycles. The number of nitrogens with zero attached hydrogens (tertiary/aromatic N) is 2. The highest BCUT2D eigenvalue weighted by Crippen LogP contribution is 2.25. The Labute approximate surface area is 169 Å². The largest absolute Gasteiger partial charge is 0.494 e. The van der Waals surface area contributed by atoms with Gasteiger partial charge in [0, 0.05) is 26.7 Å². The van der Waals surface area contributed by atoms with E-state index >= 15 is 0 Å². The van der Waals surface area contributed by atoms with E-state index < -0.39 is 10.0 Å². The van der Waals surface area contributed by atoms with Crippen molar-refractivity contribution in [3.05, 3.63) is 29.8 Å². The van der Waals surface area contributed by atoms with Gasteiger partial charge in [-0.05, 0) is 50.3 Å². The van der Waals surface area contributed by atoms with Crippen molar-refractivity contribution in [2.75, 3.05) is 39.0 Å². The fraction of sp³-hybridized carbons (Fsp3) is 0.650. The van der Waals surface area contributed by atoms with E-state index in [0.717, 1.165) is 30.7 Å². The summed E-state index contributed by atoms with van der Waals surface area (Å²) in [5.74, 6) is 2.07. The van der Waals surface area contributed by atoms with Crippen molar-refractivity contribution in [2.24, 2.45) is 10.9 Å². The Morgan fingerprint density at radius 1 is 1.25 bits per heavy atom. The average Bonchev–Trinajstić information content (AvgIpc) is 2.61. The number of nitrogens with one attached hydrogen (secondary N) is 2. The number of aliphatic imine (C=N–C) groups is 1. The zero-order valence-corrected chi connectivity index (χ0v) is 18.1. The first-order chi connectivity index (χ1) is 13.4. The number of hydrogen-bond donors (Lipinski definition) is 2. The summed E-state index contributed by atoms with van der Waals surface area (Å²) in [6.45, 7) is 6.79. The van der Waals surface area contributed by atoms with Crippen molar-refractivity contribution in [3.8, 4) is 5.75 Å². The number of sulfonamides is 1. The van der Waals surface area contributed by atoms with Crippen molar-refractivity contribution >= 4 is 16.0 Å². The quantitative estimate of drug-likeness (QED) is 0.432. The lowest BCUT2D eigenvalue weighted by Gasteiger charge is -2.25. The minimum Gasteiger partial charge on any atom is -0.494 e. The maximum Gasteiger partial charge on any atom is 0.213 e. The Bertz CT molecular complexity index is 715. The van der Waals surface area contributed by atoms with Gasteiger partial charge in [-0.25, -0.2) is 13.1 Å². The van der Waals surface area contributed by atoms with Gasteiger partial charge in [0.2, 0.25) is 10.0 Å². The number of rotatable bonds is 11. The summed E-state index contributed by atoms with van der Waals surface area (Å²) in [7, 11) is -1.33. The summed E-state index contributed by atoms with van der Waals surface area (Å²) < 4.78 is 32.4. The number of benzene rings is 1. The molecule has 0 aliphatic heterocycles. The Balaban J connectivity index is 1.86. The van der Waals surface area contributed by atoms with Gasteiger partial charge in [0.1, 0.15) is 5.75 Å². The van der Waals surface area contributed by atoms with E-state index in [1.54, 1.807) is 0 Å². The molecule has 7 nitrogen and oxygen atoms in total. The molecule has 2 N–H and O–H groups in total. The van der Waals surface area contributed by atoms with Gasteiger partial charge in [-0.3, -0.25) is 4.99 Å². The van der Waals surface area contributed by atoms with E-state index in [2.05, 4.69) is 15.0 Å². The fourth-order valence-corrected chi connectivity index (χ4v) is 3.93. The first kappa shape index (κ1) is 22.5. The molecule has 1 fully saturated rings. The molecule has 1 aliphatic rings. The van der Waals surface area contributed by atoms with Crippen LogP contribution in [0.15, 0.2) is 29.3 Å². The molecule has 0 amide bonds. The van der Waals surface area contributed by atoms with Crippen LogP contribution in [0, 0.1) is 5.92 Å². The predicted octanol–water partition coefficient (Wildman–Crippen LogP) is 2.20. The molecule has 0 spiro atoms. The van der Waals surface area contributed by atoms with Crippen LogP contribution in [0.2, 0.25) is 0 Å². The van der Waals surface area contributed by atoms with Gasteiger partial charge in [-0.1, -0.05) is 18.6 Å². The summed E-state index contributed by atoms with van der Waals surface area (Å²) >= 11 is 0. The van der Waals surface area contributed by atoms with Crippen LogP contribution in [0.1, 0.15) is 38.7 Å². The van der Waals surface area contributed by atoms with Crippen molar-refractivity contribution in [1.82, 2.24) is 14.9 Å². The fourth-order valence-electron chi connectivity index (χ4n) is 2.96. The van der Waals surface area contributed by atoms with Crippen molar-refractivity contribution in [3.63, 3.8) is 0 Å². The molecular formula is C20H34N4O3S. The van der Waals surface area contributed by atoms with Gasteiger partial charge >= 0.3 is 0 Å². The third-order valence-electron chi connectivity index (χ3n) is 4.79. The standard InChI is InChI=1S/C20H34N4O3S/c1-4-21-20(22-13-14-28(25,26)23-15-17-7-6-8-17)24(3)16-18-9-11-19(12-10-18)27-5-2/h9-12,17,23H,4-8,13-16H2,1-3H3,(H,21,22). The molecule has 0 bridgehead atoms. The van der Waals surface area contributed by atoms with Gasteiger partial charge in [0.05, 0.1) is 18.9 Å². The van der Waals surface area contributed by atoms with Crippen LogP contribution in [-0.4, -0.2) is 58.3 Å². The Hall–Kier alpha value is -1.80. The van der Waals surface area contributed by atoms with Crippen LogP contribution in [0.5, 0.6) is 5.75 Å². The molecule has 1 aromatic rings. The highest BCUT2D eigenvalue weighted by atomic mass is 32.2. The lowest BCUT2D eigenvalue weighted by molar-refractivity contribution is 0.316. The molecule has 0 heterocycles. The normalized spacial score (nSPS) is 15.2. The van der Waals surface area contributed by atoms with E-state index in [1.807, 2.05) is 50.1 Å². The summed E-state index contributed by atoms with van der Waals surface area (Å²) in [4.78, 5) is 6.48. The van der Waals surface area contributed by atoms with Gasteiger partial charge in [-0.15, -0.1) is 0 Å². The highest BCUT2D eigenvalue weighted by Gasteiger charge is 2.20. The second kappa shape index (κ2) is 11.3. The van der Waals surface area contributed by atoms with Crippen LogP contribution in [0.4, 0.5) is 0 Å². The van der Waals surface area contributed by atoms with Gasteiger partial charge in [0.25, 0.3) is 0 Å². The van der Waals surface area contributed by atoms with E-state index in [1.165, 1.54) is 6.42 Å². The second-order valence-electron chi connectivity index (χ2n) is 7.13. The molecule has 1 aliphatic carbocycles. The Morgan fingerprint density at radius 2 is 1.96 bits per heavy atom. The molecule has 0 aromatic heterocycles. The number of ether oxygens (including phenoxy) is 1. The third kappa shape index (κ3) is 7.67. The maximum atomic E-state index is 12.1. The molecule has 28 heavy (non-hydrogen) atoms. The van der Waals surface area contributed by atoms with E-state index in [-0.39, 0.29) is 12.3 Å². The van der Waals surface area contributed by atoms with E-state index in [9.17, 15) is 8.42 Å². The zero-order valence-electron chi connectivity index (χ0n) is 17.3. The number of hydrogen-bond acceptors (Lipinski definition) is 4. The van der Waals surface area contributed by atoms with Gasteiger partial charge in [0.15, 0.2) is 5.96 Å². The predicted molar refractivity (Wildman–Crippen MR) is 114 cm³/mol. The molecule has 158 valence electrons. The SMILES string of the molecule is CCNC(=NCCS(=O)(=O)NCC1CCC1)N(C)Cc1ccc(OCC)cc1. The average molecular weight is 411 g/mol. The maximum absolute atomic E-state index is 12.1. The van der Waals surface area contributed by atoms with E-state index in [4.69, 9.17) is 4.74 Å². The molecule has 0 unspecified atom stereocenters. The lowest BCUT2D eigenvalue weighted by atomic mass is 9.86. The Kier molecular flexibility index (Phi) is 9.05. The van der Waals surface area contributed by atoms with E-state index in [0.29, 0.717) is 31.6 Å². The highest BCUT2D eigenvalue weighted by molar-refractivity contribution is 7.89. The van der Waals surface area contributed by atoms with Crippen molar-refractivity contribution in [1.29, 1.82) is 0 Å². The summed E-state index contributed by atoms with van der Waals surface area (Å²) in [6, 6.07) is 7.97. The first-order valence-corrected chi connectivity index (χ1v) is 11.8. The molecule has 2 rings (SSSR count). The Morgan fingerprint density at radius 3 is 2.54 bits per heavy atom. The third-order valence-corrected chi connectivity index (χ3v) is 6.12. The minimum absolute atomic E-state index is 0.00546. The van der Waals surface area contributed by atoms with Crippen molar-refractivity contribution in [2.45, 2.75) is 39.7 Å². The van der Waals surface area contributed by atoms with Crippen LogP contribution >= 0.6 is 0 Å². The van der Waals surface area contributed by atoms with Crippen molar-refractivity contribution < 1.29 is 13.2 Å². The van der Waals surface area contributed by atoms with Gasteiger partial charge < -0.3 is 15.0 Å². The van der Waals surface area contributed by atoms with Crippen LogP contribution in [0.3, 0.4) is 0 Å². The summed E-state index contributed by atoms with van der Waals surface area (Å²) in [5, 5.41) is 3.23. The topological polar surface area (TPSA) is 83.0 Å². The minimum atomic E-state index is -3.28. The first-order valence-electron chi connectivity index (χ1n) is 10.1. The molecule has 1 saturated carbocycles. The number of guanidine groups is 1. The molecule has 0 atom stereocenters. The molecule has 8 heteroatoms. The van der Waals surface area contributed by atoms with Gasteiger partial charge in [-0.2, -0.15) is 0 Å². The van der Waals surface area contributed by atoms with Crippen LogP contribution < -0.4 is 14.8 Å². The molecule has 0 radical (unpaired) electrons. The molecular weight excluding hydrogens is 376 g/mol. The lowest BCUT2D eigenvalue weighted by Crippen LogP contribution is -2.39. The molecule has 1 aromatic carbocycles.